The molecule has 0 N–H and O–H groups in total. The Morgan fingerprint density at radius 2 is 2.28 bits per heavy atom. The third-order valence-electron chi connectivity index (χ3n) is 3.03. The van der Waals surface area contributed by atoms with Crippen LogP contribution in [0.15, 0.2) is 18.3 Å². The van der Waals surface area contributed by atoms with Crippen LogP contribution < -0.4 is 0 Å². The summed E-state index contributed by atoms with van der Waals surface area (Å²) in [5.74, 6) is -0.626. The number of morpholine rings is 1. The fraction of sp³-hybridized carbons (Fsp3) is 0.500. The highest BCUT2D eigenvalue weighted by molar-refractivity contribution is 5.95. The van der Waals surface area contributed by atoms with Crippen LogP contribution in [0.25, 0.3) is 0 Å². The summed E-state index contributed by atoms with van der Waals surface area (Å²) in [6, 6.07) is 2.86. The Hall–Kier alpha value is -1.82. The Balaban J connectivity index is 2.21. The number of hydrogen-bond acceptors (Lipinski definition) is 4. The molecule has 6 nitrogen and oxygen atoms in total. The first kappa shape index (κ1) is 12.6. The lowest BCUT2D eigenvalue weighted by Crippen LogP contribution is -2.53. The second-order valence-corrected chi connectivity index (χ2v) is 4.12. The molecule has 0 bridgehead atoms. The molecule has 0 saturated carbocycles. The second-order valence-electron chi connectivity index (χ2n) is 4.12. The number of hydrogen-bond donors (Lipinski definition) is 0. The number of aromatic nitrogens is 1. The summed E-state index contributed by atoms with van der Waals surface area (Å²) in [5.41, 5.74) is 0.547. The van der Waals surface area contributed by atoms with Crippen LogP contribution in [0.4, 0.5) is 0 Å². The van der Waals surface area contributed by atoms with Gasteiger partial charge in [0.15, 0.2) is 6.04 Å². The number of ether oxygens (including phenoxy) is 2. The van der Waals surface area contributed by atoms with Gasteiger partial charge in [0.25, 0.3) is 5.91 Å². The lowest BCUT2D eigenvalue weighted by Gasteiger charge is -2.33. The van der Waals surface area contributed by atoms with Crippen LogP contribution in [-0.4, -0.2) is 54.3 Å². The van der Waals surface area contributed by atoms with E-state index in [-0.39, 0.29) is 12.5 Å². The summed E-state index contributed by atoms with van der Waals surface area (Å²) in [6.45, 7) is 1.01. The van der Waals surface area contributed by atoms with Crippen molar-refractivity contribution < 1.29 is 19.1 Å². The Morgan fingerprint density at radius 3 is 2.89 bits per heavy atom. The zero-order valence-corrected chi connectivity index (χ0v) is 10.5. The molecule has 98 valence electrons. The van der Waals surface area contributed by atoms with E-state index in [1.54, 1.807) is 29.9 Å². The number of esters is 1. The second kappa shape index (κ2) is 5.22. The van der Waals surface area contributed by atoms with Crippen molar-refractivity contribution in [3.8, 4) is 0 Å². The monoisotopic (exact) mass is 252 g/mol. The Bertz CT molecular complexity index is 455. The lowest BCUT2D eigenvalue weighted by atomic mass is 10.2. The van der Waals surface area contributed by atoms with Gasteiger partial charge in [-0.25, -0.2) is 4.79 Å². The average molecular weight is 252 g/mol. The first-order valence-corrected chi connectivity index (χ1v) is 5.73. The molecule has 2 rings (SSSR count). The van der Waals surface area contributed by atoms with Gasteiger partial charge in [0.1, 0.15) is 5.69 Å². The van der Waals surface area contributed by atoms with Gasteiger partial charge >= 0.3 is 5.97 Å². The Labute approximate surface area is 105 Å². The largest absolute Gasteiger partial charge is 0.467 e. The molecule has 1 aliphatic heterocycles. The van der Waals surface area contributed by atoms with Crippen LogP contribution in [0, 0.1) is 0 Å². The van der Waals surface area contributed by atoms with E-state index >= 15 is 0 Å². The molecule has 18 heavy (non-hydrogen) atoms. The summed E-state index contributed by atoms with van der Waals surface area (Å²) in [6.07, 6.45) is 1.79. The topological polar surface area (TPSA) is 60.8 Å². The fourth-order valence-electron chi connectivity index (χ4n) is 2.01. The first-order chi connectivity index (χ1) is 8.65. The Morgan fingerprint density at radius 1 is 1.50 bits per heavy atom. The minimum atomic E-state index is -0.661. The maximum atomic E-state index is 12.4. The maximum Gasteiger partial charge on any atom is 0.331 e. The summed E-state index contributed by atoms with van der Waals surface area (Å²) < 4.78 is 11.7. The van der Waals surface area contributed by atoms with Crippen molar-refractivity contribution in [1.29, 1.82) is 0 Å². The van der Waals surface area contributed by atoms with E-state index in [2.05, 4.69) is 0 Å². The van der Waals surface area contributed by atoms with E-state index < -0.39 is 12.0 Å². The van der Waals surface area contributed by atoms with Crippen molar-refractivity contribution in [2.75, 3.05) is 26.9 Å². The Kier molecular flexibility index (Phi) is 3.66. The van der Waals surface area contributed by atoms with Crippen molar-refractivity contribution in [3.05, 3.63) is 24.0 Å². The highest BCUT2D eigenvalue weighted by atomic mass is 16.5. The third-order valence-corrected chi connectivity index (χ3v) is 3.03. The minimum absolute atomic E-state index is 0.179. The van der Waals surface area contributed by atoms with Gasteiger partial charge in [0, 0.05) is 19.8 Å². The van der Waals surface area contributed by atoms with Gasteiger partial charge < -0.3 is 18.9 Å². The number of rotatable bonds is 2. The van der Waals surface area contributed by atoms with Gasteiger partial charge in [-0.2, -0.15) is 0 Å². The molecule has 1 saturated heterocycles. The molecular formula is C12H16N2O4. The van der Waals surface area contributed by atoms with E-state index in [1.165, 1.54) is 12.0 Å². The molecule has 0 aliphatic carbocycles. The standard InChI is InChI=1S/C12H16N2O4/c1-13-5-3-4-9(13)11(15)14-6-7-18-8-10(14)12(16)17-2/h3-5,10H,6-8H2,1-2H3. The van der Waals surface area contributed by atoms with Crippen LogP contribution >= 0.6 is 0 Å². The lowest BCUT2D eigenvalue weighted by molar-refractivity contribution is -0.151. The summed E-state index contributed by atoms with van der Waals surface area (Å²) in [7, 11) is 3.10. The molecule has 1 fully saturated rings. The molecule has 1 unspecified atom stereocenters. The van der Waals surface area contributed by atoms with Crippen LogP contribution in [0.5, 0.6) is 0 Å². The van der Waals surface area contributed by atoms with E-state index in [0.29, 0.717) is 18.8 Å². The highest BCUT2D eigenvalue weighted by Gasteiger charge is 2.34. The quantitative estimate of drug-likeness (QED) is 0.697. The number of aryl methyl sites for hydroxylation is 1. The molecule has 1 aromatic heterocycles. The average Bonchev–Trinajstić information content (AvgIpc) is 2.83. The number of nitrogens with zero attached hydrogens (tertiary/aromatic N) is 2. The summed E-state index contributed by atoms with van der Waals surface area (Å²) >= 11 is 0. The molecule has 0 spiro atoms. The molecule has 1 atom stereocenters. The van der Waals surface area contributed by atoms with E-state index in [1.807, 2.05) is 0 Å². The summed E-state index contributed by atoms with van der Waals surface area (Å²) in [5, 5.41) is 0. The van der Waals surface area contributed by atoms with Crippen molar-refractivity contribution in [2.24, 2.45) is 7.05 Å². The van der Waals surface area contributed by atoms with Gasteiger partial charge in [-0.3, -0.25) is 4.79 Å². The molecular weight excluding hydrogens is 236 g/mol. The zero-order chi connectivity index (χ0) is 13.1. The number of carbonyl (C=O) groups excluding carboxylic acids is 2. The van der Waals surface area contributed by atoms with Crippen LogP contribution in [0.3, 0.4) is 0 Å². The van der Waals surface area contributed by atoms with Gasteiger partial charge in [-0.1, -0.05) is 0 Å². The van der Waals surface area contributed by atoms with Crippen molar-refractivity contribution in [3.63, 3.8) is 0 Å². The molecule has 2 heterocycles. The van der Waals surface area contributed by atoms with Crippen LogP contribution in [-0.2, 0) is 21.3 Å². The molecule has 0 aromatic carbocycles. The molecule has 1 aliphatic rings. The minimum Gasteiger partial charge on any atom is -0.467 e. The third kappa shape index (κ3) is 2.24. The van der Waals surface area contributed by atoms with Crippen molar-refractivity contribution in [2.45, 2.75) is 6.04 Å². The molecule has 1 aromatic rings. The van der Waals surface area contributed by atoms with Crippen molar-refractivity contribution >= 4 is 11.9 Å². The van der Waals surface area contributed by atoms with Crippen molar-refractivity contribution in [1.82, 2.24) is 9.47 Å². The van der Waals surface area contributed by atoms with E-state index in [0.717, 1.165) is 0 Å². The summed E-state index contributed by atoms with van der Waals surface area (Å²) in [4.78, 5) is 25.5. The van der Waals surface area contributed by atoms with Crippen LogP contribution in [0.1, 0.15) is 10.5 Å². The molecule has 0 radical (unpaired) electrons. The number of methoxy groups -OCH3 is 1. The number of amides is 1. The van der Waals surface area contributed by atoms with E-state index in [4.69, 9.17) is 9.47 Å². The van der Waals surface area contributed by atoms with E-state index in [9.17, 15) is 9.59 Å². The highest BCUT2D eigenvalue weighted by Crippen LogP contribution is 2.13. The zero-order valence-electron chi connectivity index (χ0n) is 10.5. The predicted molar refractivity (Wildman–Crippen MR) is 63.1 cm³/mol. The smallest absolute Gasteiger partial charge is 0.331 e. The SMILES string of the molecule is COC(=O)C1COCCN1C(=O)c1cccn1C. The molecule has 6 heteroatoms. The maximum absolute atomic E-state index is 12.4. The molecule has 1 amide bonds. The van der Waals surface area contributed by atoms with Gasteiger partial charge in [-0.05, 0) is 12.1 Å². The van der Waals surface area contributed by atoms with Gasteiger partial charge in [0.2, 0.25) is 0 Å². The first-order valence-electron chi connectivity index (χ1n) is 5.73. The fourth-order valence-corrected chi connectivity index (χ4v) is 2.01. The van der Waals surface area contributed by atoms with Gasteiger partial charge in [-0.15, -0.1) is 0 Å². The normalized spacial score (nSPS) is 19.7. The van der Waals surface area contributed by atoms with Gasteiger partial charge in [0.05, 0.1) is 20.3 Å². The van der Waals surface area contributed by atoms with Crippen LogP contribution in [0.2, 0.25) is 0 Å². The number of carbonyl (C=O) groups is 2. The predicted octanol–water partition coefficient (Wildman–Crippen LogP) is 0.0391.